The van der Waals surface area contributed by atoms with Crippen LogP contribution in [0.5, 0.6) is 0 Å². The van der Waals surface area contributed by atoms with Gasteiger partial charge in [-0.05, 0) is 54.6 Å². The summed E-state index contributed by atoms with van der Waals surface area (Å²) in [6, 6.07) is 11.9. The van der Waals surface area contributed by atoms with E-state index in [1.807, 2.05) is 7.05 Å². The minimum Gasteiger partial charge on any atom is -0.296 e. The highest BCUT2D eigenvalue weighted by molar-refractivity contribution is 5.15. The molecule has 3 heterocycles. The summed E-state index contributed by atoms with van der Waals surface area (Å²) in [6.45, 7) is 6.84. The molecule has 0 aliphatic carbocycles. The number of piperidine rings is 2. The second kappa shape index (κ2) is 7.22. The van der Waals surface area contributed by atoms with E-state index in [-0.39, 0.29) is 6.04 Å². The second-order valence-electron chi connectivity index (χ2n) is 7.55. The third-order valence-corrected chi connectivity index (χ3v) is 6.02. The molecule has 0 saturated carbocycles. The van der Waals surface area contributed by atoms with Crippen LogP contribution < -0.4 is 0 Å². The van der Waals surface area contributed by atoms with E-state index >= 15 is 0 Å². The summed E-state index contributed by atoms with van der Waals surface area (Å²) in [4.78, 5) is 5.29. The van der Waals surface area contributed by atoms with Gasteiger partial charge in [-0.3, -0.25) is 9.80 Å². The molecule has 0 N–H and O–H groups in total. The van der Waals surface area contributed by atoms with E-state index in [0.29, 0.717) is 0 Å². The van der Waals surface area contributed by atoms with Crippen LogP contribution in [-0.4, -0.2) is 55.7 Å². The van der Waals surface area contributed by atoms with Crippen molar-refractivity contribution in [2.75, 3.05) is 19.6 Å². The van der Waals surface area contributed by atoms with E-state index in [4.69, 9.17) is 0 Å². The molecule has 0 bridgehead atoms. The van der Waals surface area contributed by atoms with Crippen LogP contribution in [0.15, 0.2) is 30.3 Å². The van der Waals surface area contributed by atoms with Gasteiger partial charge >= 0.3 is 0 Å². The molecule has 3 unspecified atom stereocenters. The molecular formula is C19H28N6. The Balaban J connectivity index is 1.42. The number of aromatic nitrogens is 4. The van der Waals surface area contributed by atoms with Gasteiger partial charge in [0.05, 0.1) is 6.04 Å². The Kier molecular flexibility index (Phi) is 4.81. The molecular weight excluding hydrogens is 312 g/mol. The van der Waals surface area contributed by atoms with Crippen LogP contribution in [0.4, 0.5) is 0 Å². The number of hydrogen-bond acceptors (Lipinski definition) is 5. The molecule has 1 aromatic carbocycles. The van der Waals surface area contributed by atoms with E-state index in [0.717, 1.165) is 37.4 Å². The highest BCUT2D eigenvalue weighted by atomic mass is 15.5. The van der Waals surface area contributed by atoms with Crippen molar-refractivity contribution in [2.45, 2.75) is 44.8 Å². The Morgan fingerprint density at radius 2 is 2.00 bits per heavy atom. The molecule has 4 rings (SSSR count). The maximum absolute atomic E-state index is 4.22. The summed E-state index contributed by atoms with van der Waals surface area (Å²) in [5.41, 5.74) is 1.43. The van der Waals surface area contributed by atoms with Gasteiger partial charge in [-0.25, -0.2) is 4.68 Å². The van der Waals surface area contributed by atoms with Crippen molar-refractivity contribution in [1.82, 2.24) is 30.0 Å². The minimum atomic E-state index is 0.283. The van der Waals surface area contributed by atoms with E-state index < -0.39 is 0 Å². The number of likely N-dealkylation sites (tertiary alicyclic amines) is 2. The second-order valence-corrected chi connectivity index (χ2v) is 7.55. The molecule has 25 heavy (non-hydrogen) atoms. The fourth-order valence-corrected chi connectivity index (χ4v) is 4.65. The Morgan fingerprint density at radius 1 is 1.16 bits per heavy atom. The SMILES string of the molecule is CC(c1nnnn1C)N1CCC2C(CCCN2Cc2ccccc2)C1. The van der Waals surface area contributed by atoms with Crippen molar-refractivity contribution in [3.8, 4) is 0 Å². The molecule has 6 heteroatoms. The van der Waals surface area contributed by atoms with Crippen molar-refractivity contribution in [3.05, 3.63) is 41.7 Å². The van der Waals surface area contributed by atoms with Crippen molar-refractivity contribution < 1.29 is 0 Å². The van der Waals surface area contributed by atoms with Gasteiger partial charge in [0.25, 0.3) is 0 Å². The molecule has 0 spiro atoms. The number of benzene rings is 1. The van der Waals surface area contributed by atoms with Gasteiger partial charge < -0.3 is 0 Å². The van der Waals surface area contributed by atoms with E-state index in [9.17, 15) is 0 Å². The highest BCUT2D eigenvalue weighted by Crippen LogP contribution is 2.34. The summed E-state index contributed by atoms with van der Waals surface area (Å²) in [5, 5.41) is 12.0. The van der Waals surface area contributed by atoms with Crippen LogP contribution in [0.25, 0.3) is 0 Å². The van der Waals surface area contributed by atoms with Gasteiger partial charge in [0.1, 0.15) is 0 Å². The van der Waals surface area contributed by atoms with Crippen LogP contribution in [0.1, 0.15) is 43.6 Å². The fourth-order valence-electron chi connectivity index (χ4n) is 4.65. The molecule has 1 aromatic heterocycles. The Bertz CT molecular complexity index is 684. The standard InChI is InChI=1S/C19H28N6/c1-15(19-20-21-22-23(19)2)24-12-10-18-17(14-24)9-6-11-25(18)13-16-7-4-3-5-8-16/h3-5,7-8,15,17-18H,6,9-14H2,1-2H3. The monoisotopic (exact) mass is 340 g/mol. The fraction of sp³-hybridized carbons (Fsp3) is 0.632. The number of aryl methyl sites for hydroxylation is 1. The predicted molar refractivity (Wildman–Crippen MR) is 96.8 cm³/mol. The van der Waals surface area contributed by atoms with Crippen LogP contribution in [-0.2, 0) is 13.6 Å². The summed E-state index contributed by atoms with van der Waals surface area (Å²) < 4.78 is 1.80. The smallest absolute Gasteiger partial charge is 0.167 e. The Morgan fingerprint density at radius 3 is 2.76 bits per heavy atom. The molecule has 0 amide bonds. The minimum absolute atomic E-state index is 0.283. The van der Waals surface area contributed by atoms with Gasteiger partial charge in [-0.1, -0.05) is 30.3 Å². The lowest BCUT2D eigenvalue weighted by Gasteiger charge is -2.48. The normalized spacial score (nSPS) is 26.3. The molecule has 2 saturated heterocycles. The molecule has 6 nitrogen and oxygen atoms in total. The first-order chi connectivity index (χ1) is 12.2. The lowest BCUT2D eigenvalue weighted by molar-refractivity contribution is 0.00366. The zero-order chi connectivity index (χ0) is 17.2. The lowest BCUT2D eigenvalue weighted by Crippen LogP contribution is -2.54. The van der Waals surface area contributed by atoms with Crippen LogP contribution >= 0.6 is 0 Å². The van der Waals surface area contributed by atoms with Crippen LogP contribution in [0, 0.1) is 5.92 Å². The number of nitrogens with zero attached hydrogens (tertiary/aromatic N) is 6. The quantitative estimate of drug-likeness (QED) is 0.854. The molecule has 2 fully saturated rings. The summed E-state index contributed by atoms with van der Waals surface area (Å²) in [5.74, 6) is 1.73. The van der Waals surface area contributed by atoms with Crippen molar-refractivity contribution in [3.63, 3.8) is 0 Å². The van der Waals surface area contributed by atoms with Gasteiger partial charge in [0.2, 0.25) is 0 Å². The van der Waals surface area contributed by atoms with Crippen molar-refractivity contribution in [2.24, 2.45) is 13.0 Å². The highest BCUT2D eigenvalue weighted by Gasteiger charge is 2.37. The Labute approximate surface area is 149 Å². The maximum Gasteiger partial charge on any atom is 0.167 e. The van der Waals surface area contributed by atoms with Crippen LogP contribution in [0.2, 0.25) is 0 Å². The molecule has 134 valence electrons. The molecule has 2 aromatic rings. The van der Waals surface area contributed by atoms with E-state index in [1.165, 1.54) is 31.4 Å². The maximum atomic E-state index is 4.22. The third kappa shape index (κ3) is 3.46. The number of fused-ring (bicyclic) bond motifs is 1. The van der Waals surface area contributed by atoms with Gasteiger partial charge in [0.15, 0.2) is 5.82 Å². The van der Waals surface area contributed by atoms with Gasteiger partial charge in [-0.15, -0.1) is 5.10 Å². The number of hydrogen-bond donors (Lipinski definition) is 0. The van der Waals surface area contributed by atoms with E-state index in [1.54, 1.807) is 4.68 Å². The topological polar surface area (TPSA) is 50.1 Å². The average Bonchev–Trinajstić information content (AvgIpc) is 3.08. The predicted octanol–water partition coefficient (Wildman–Crippen LogP) is 2.26. The van der Waals surface area contributed by atoms with Gasteiger partial charge in [0, 0.05) is 32.7 Å². The number of rotatable bonds is 4. The van der Waals surface area contributed by atoms with E-state index in [2.05, 4.69) is 62.6 Å². The number of tetrazole rings is 1. The molecule has 3 atom stereocenters. The Hall–Kier alpha value is -1.79. The summed E-state index contributed by atoms with van der Waals surface area (Å²) in [7, 11) is 1.93. The first kappa shape index (κ1) is 16.7. The van der Waals surface area contributed by atoms with Crippen molar-refractivity contribution in [1.29, 1.82) is 0 Å². The van der Waals surface area contributed by atoms with Crippen LogP contribution in [0.3, 0.4) is 0 Å². The molecule has 2 aliphatic rings. The van der Waals surface area contributed by atoms with Gasteiger partial charge in [-0.2, -0.15) is 0 Å². The first-order valence-electron chi connectivity index (χ1n) is 9.46. The lowest BCUT2D eigenvalue weighted by atomic mass is 9.83. The zero-order valence-electron chi connectivity index (χ0n) is 15.3. The summed E-state index contributed by atoms with van der Waals surface area (Å²) in [6.07, 6.45) is 3.89. The third-order valence-electron chi connectivity index (χ3n) is 6.02. The summed E-state index contributed by atoms with van der Waals surface area (Å²) >= 11 is 0. The molecule has 0 radical (unpaired) electrons. The molecule has 2 aliphatic heterocycles. The zero-order valence-corrected chi connectivity index (χ0v) is 15.3. The largest absolute Gasteiger partial charge is 0.296 e. The first-order valence-corrected chi connectivity index (χ1v) is 9.46. The van der Waals surface area contributed by atoms with Crippen molar-refractivity contribution >= 4 is 0 Å². The average molecular weight is 340 g/mol.